The third-order valence-corrected chi connectivity index (χ3v) is 4.55. The van der Waals surface area contributed by atoms with Crippen molar-refractivity contribution in [2.75, 3.05) is 38.5 Å². The lowest BCUT2D eigenvalue weighted by Crippen LogP contribution is -2.51. The van der Waals surface area contributed by atoms with Crippen molar-refractivity contribution in [1.82, 2.24) is 15.1 Å². The molecule has 2 amide bonds. The second-order valence-electron chi connectivity index (χ2n) is 6.42. The number of nitrogens with one attached hydrogen (secondary N) is 1. The number of rotatable bonds is 5. The van der Waals surface area contributed by atoms with E-state index in [1.165, 1.54) is 0 Å². The predicted molar refractivity (Wildman–Crippen MR) is 101 cm³/mol. The molecule has 0 radical (unpaired) electrons. The molecule has 2 aromatic rings. The minimum Gasteiger partial charge on any atom is -0.398 e. The normalized spacial score (nSPS) is 14.8. The number of hydrogen-bond donors (Lipinski definition) is 2. The van der Waals surface area contributed by atoms with Crippen LogP contribution in [0.25, 0.3) is 0 Å². The van der Waals surface area contributed by atoms with Gasteiger partial charge in [0.25, 0.3) is 5.91 Å². The summed E-state index contributed by atoms with van der Waals surface area (Å²) in [6, 6.07) is 17.0. The summed E-state index contributed by atoms with van der Waals surface area (Å²) in [5, 5.41) is 2.94. The van der Waals surface area contributed by atoms with Crippen LogP contribution in [0.15, 0.2) is 54.6 Å². The van der Waals surface area contributed by atoms with Gasteiger partial charge in [0.15, 0.2) is 0 Å². The van der Waals surface area contributed by atoms with Crippen LogP contribution in [0.4, 0.5) is 5.69 Å². The van der Waals surface area contributed by atoms with Crippen LogP contribution in [0.5, 0.6) is 0 Å². The minimum atomic E-state index is -0.0451. The van der Waals surface area contributed by atoms with Crippen molar-refractivity contribution in [2.45, 2.75) is 6.54 Å². The third kappa shape index (κ3) is 4.61. The third-order valence-electron chi connectivity index (χ3n) is 4.55. The molecule has 3 rings (SSSR count). The van der Waals surface area contributed by atoms with E-state index in [2.05, 4.69) is 10.2 Å². The van der Waals surface area contributed by atoms with Crippen molar-refractivity contribution < 1.29 is 9.59 Å². The SMILES string of the molecule is Nc1ccccc1C(=O)N1CCN(CC(=O)NCc2ccccc2)CC1. The van der Waals surface area contributed by atoms with Crippen LogP contribution >= 0.6 is 0 Å². The molecule has 1 fully saturated rings. The van der Waals surface area contributed by atoms with Crippen LogP contribution < -0.4 is 11.1 Å². The second kappa shape index (κ2) is 8.49. The van der Waals surface area contributed by atoms with Gasteiger partial charge in [-0.25, -0.2) is 0 Å². The summed E-state index contributed by atoms with van der Waals surface area (Å²) in [5.41, 5.74) is 8.02. The Kier molecular flexibility index (Phi) is 5.86. The summed E-state index contributed by atoms with van der Waals surface area (Å²) in [6.07, 6.45) is 0. The Hall–Kier alpha value is -2.86. The number of hydrogen-bond acceptors (Lipinski definition) is 4. The predicted octanol–water partition coefficient (Wildman–Crippen LogP) is 1.34. The lowest BCUT2D eigenvalue weighted by atomic mass is 10.1. The van der Waals surface area contributed by atoms with Crippen LogP contribution in [0.3, 0.4) is 0 Å². The van der Waals surface area contributed by atoms with E-state index >= 15 is 0 Å². The summed E-state index contributed by atoms with van der Waals surface area (Å²) in [6.45, 7) is 3.43. The van der Waals surface area contributed by atoms with Gasteiger partial charge in [-0.1, -0.05) is 42.5 Å². The largest absolute Gasteiger partial charge is 0.398 e. The van der Waals surface area contributed by atoms with Crippen molar-refractivity contribution in [2.24, 2.45) is 0 Å². The van der Waals surface area contributed by atoms with Gasteiger partial charge in [-0.15, -0.1) is 0 Å². The molecule has 0 bridgehead atoms. The minimum absolute atomic E-state index is 0.000864. The number of nitrogen functional groups attached to an aromatic ring is 1. The van der Waals surface area contributed by atoms with Crippen molar-refractivity contribution in [3.8, 4) is 0 Å². The lowest BCUT2D eigenvalue weighted by molar-refractivity contribution is -0.122. The zero-order valence-electron chi connectivity index (χ0n) is 14.7. The summed E-state index contributed by atoms with van der Waals surface area (Å²) >= 11 is 0. The maximum atomic E-state index is 12.6. The molecule has 0 saturated carbocycles. The summed E-state index contributed by atoms with van der Waals surface area (Å²) in [4.78, 5) is 28.5. The van der Waals surface area contributed by atoms with Crippen molar-refractivity contribution >= 4 is 17.5 Å². The number of carbonyl (C=O) groups is 2. The molecule has 1 aliphatic rings. The highest BCUT2D eigenvalue weighted by Gasteiger charge is 2.24. The fraction of sp³-hybridized carbons (Fsp3) is 0.300. The van der Waals surface area contributed by atoms with Crippen LogP contribution in [0.1, 0.15) is 15.9 Å². The second-order valence-corrected chi connectivity index (χ2v) is 6.42. The molecular weight excluding hydrogens is 328 g/mol. The van der Waals surface area contributed by atoms with Crippen molar-refractivity contribution in [3.05, 3.63) is 65.7 Å². The van der Waals surface area contributed by atoms with E-state index in [-0.39, 0.29) is 11.8 Å². The lowest BCUT2D eigenvalue weighted by Gasteiger charge is -2.34. The Bertz CT molecular complexity index is 755. The number of nitrogens with zero attached hydrogens (tertiary/aromatic N) is 2. The van der Waals surface area contributed by atoms with E-state index in [4.69, 9.17) is 5.73 Å². The van der Waals surface area contributed by atoms with Crippen LogP contribution in [0, 0.1) is 0 Å². The van der Waals surface area contributed by atoms with Gasteiger partial charge < -0.3 is 16.0 Å². The Balaban J connectivity index is 1.44. The van der Waals surface area contributed by atoms with Gasteiger partial charge in [0.05, 0.1) is 12.1 Å². The monoisotopic (exact) mass is 352 g/mol. The summed E-state index contributed by atoms with van der Waals surface area (Å²) in [7, 11) is 0. The molecule has 26 heavy (non-hydrogen) atoms. The van der Waals surface area contributed by atoms with Crippen LogP contribution in [0.2, 0.25) is 0 Å². The van der Waals surface area contributed by atoms with Crippen LogP contribution in [-0.2, 0) is 11.3 Å². The summed E-state index contributed by atoms with van der Waals surface area (Å²) in [5.74, 6) is -0.0442. The van der Waals surface area contributed by atoms with Gasteiger partial charge in [-0.3, -0.25) is 14.5 Å². The van der Waals surface area contributed by atoms with Gasteiger partial charge in [-0.05, 0) is 17.7 Å². The van der Waals surface area contributed by atoms with Gasteiger partial charge in [-0.2, -0.15) is 0 Å². The number of nitrogens with two attached hydrogens (primary N) is 1. The molecule has 0 aliphatic carbocycles. The number of benzene rings is 2. The maximum Gasteiger partial charge on any atom is 0.256 e. The highest BCUT2D eigenvalue weighted by molar-refractivity contribution is 5.99. The van der Waals surface area contributed by atoms with Gasteiger partial charge in [0.2, 0.25) is 5.91 Å². The average Bonchev–Trinajstić information content (AvgIpc) is 2.68. The molecule has 1 saturated heterocycles. The van der Waals surface area contributed by atoms with E-state index in [1.54, 1.807) is 17.0 Å². The molecule has 0 unspecified atom stereocenters. The Labute approximate surface area is 153 Å². The molecule has 136 valence electrons. The zero-order chi connectivity index (χ0) is 18.4. The molecule has 0 spiro atoms. The highest BCUT2D eigenvalue weighted by atomic mass is 16.2. The Morgan fingerprint density at radius 2 is 1.58 bits per heavy atom. The molecule has 3 N–H and O–H groups in total. The quantitative estimate of drug-likeness (QED) is 0.796. The first-order chi connectivity index (χ1) is 12.6. The molecule has 1 heterocycles. The number of para-hydroxylation sites is 1. The smallest absolute Gasteiger partial charge is 0.256 e. The van der Waals surface area contributed by atoms with Gasteiger partial charge in [0.1, 0.15) is 0 Å². The highest BCUT2D eigenvalue weighted by Crippen LogP contribution is 2.15. The number of carbonyl (C=O) groups excluding carboxylic acids is 2. The molecular formula is C20H24N4O2. The van der Waals surface area contributed by atoms with Gasteiger partial charge in [0, 0.05) is 38.4 Å². The van der Waals surface area contributed by atoms with E-state index in [1.807, 2.05) is 42.5 Å². The zero-order valence-corrected chi connectivity index (χ0v) is 14.7. The van der Waals surface area contributed by atoms with E-state index in [0.29, 0.717) is 50.5 Å². The molecule has 0 aromatic heterocycles. The van der Waals surface area contributed by atoms with Crippen LogP contribution in [-0.4, -0.2) is 54.3 Å². The number of piperazine rings is 1. The fourth-order valence-corrected chi connectivity index (χ4v) is 3.03. The number of amides is 2. The average molecular weight is 352 g/mol. The topological polar surface area (TPSA) is 78.7 Å². The number of anilines is 1. The Morgan fingerprint density at radius 1 is 0.923 bits per heavy atom. The standard InChI is InChI=1S/C20H24N4O2/c21-18-9-5-4-8-17(18)20(26)24-12-10-23(11-13-24)15-19(25)22-14-16-6-2-1-3-7-16/h1-9H,10-15,21H2,(H,22,25). The maximum absolute atomic E-state index is 12.6. The first-order valence-corrected chi connectivity index (χ1v) is 8.80. The van der Waals surface area contributed by atoms with E-state index < -0.39 is 0 Å². The van der Waals surface area contributed by atoms with Gasteiger partial charge >= 0.3 is 0 Å². The van der Waals surface area contributed by atoms with E-state index in [0.717, 1.165) is 5.56 Å². The molecule has 6 nitrogen and oxygen atoms in total. The van der Waals surface area contributed by atoms with Crippen molar-refractivity contribution in [1.29, 1.82) is 0 Å². The first-order valence-electron chi connectivity index (χ1n) is 8.80. The molecule has 2 aromatic carbocycles. The molecule has 6 heteroatoms. The molecule has 1 aliphatic heterocycles. The molecule has 0 atom stereocenters. The van der Waals surface area contributed by atoms with Crippen molar-refractivity contribution in [3.63, 3.8) is 0 Å². The van der Waals surface area contributed by atoms with E-state index in [9.17, 15) is 9.59 Å². The fourth-order valence-electron chi connectivity index (χ4n) is 3.03. The Morgan fingerprint density at radius 3 is 2.27 bits per heavy atom. The first kappa shape index (κ1) is 17.9. The summed E-state index contributed by atoms with van der Waals surface area (Å²) < 4.78 is 0.